The van der Waals surface area contributed by atoms with E-state index in [0.717, 1.165) is 16.8 Å². The lowest BCUT2D eigenvalue weighted by Crippen LogP contribution is -2.24. The van der Waals surface area contributed by atoms with Gasteiger partial charge in [0.15, 0.2) is 11.5 Å². The first-order chi connectivity index (χ1) is 11.1. The first-order valence-corrected chi connectivity index (χ1v) is 7.71. The maximum absolute atomic E-state index is 12.6. The average Bonchev–Trinajstić information content (AvgIpc) is 2.80. The summed E-state index contributed by atoms with van der Waals surface area (Å²) in [6.45, 7) is 0. The molecule has 3 rings (SSSR count). The Morgan fingerprint density at radius 1 is 1.17 bits per heavy atom. The highest BCUT2D eigenvalue weighted by Gasteiger charge is 2.34. The van der Waals surface area contributed by atoms with Crippen molar-refractivity contribution in [3.63, 3.8) is 0 Å². The highest BCUT2D eigenvalue weighted by Crippen LogP contribution is 2.41. The zero-order valence-electron chi connectivity index (χ0n) is 13.3. The zero-order chi connectivity index (χ0) is 16.6. The van der Waals surface area contributed by atoms with Gasteiger partial charge in [-0.25, -0.2) is 0 Å². The van der Waals surface area contributed by atoms with E-state index in [0.29, 0.717) is 22.9 Å². The predicted molar refractivity (Wildman–Crippen MR) is 90.9 cm³/mol. The molecule has 2 aromatic carbocycles. The number of carbonyl (C=O) groups is 1. The second-order valence-corrected chi connectivity index (χ2v) is 5.93. The summed E-state index contributed by atoms with van der Waals surface area (Å²) in [6.07, 6.45) is 0.570. The van der Waals surface area contributed by atoms with Gasteiger partial charge >= 0.3 is 0 Å². The maximum Gasteiger partial charge on any atom is 0.234 e. The Kier molecular flexibility index (Phi) is 4.18. The topological polar surface area (TPSA) is 38.8 Å². The van der Waals surface area contributed by atoms with Crippen LogP contribution in [0.25, 0.3) is 0 Å². The number of fused-ring (bicyclic) bond motifs is 1. The Labute approximate surface area is 140 Å². The number of nitrogens with zero attached hydrogens (tertiary/aromatic N) is 1. The Hall–Kier alpha value is -2.20. The number of methoxy groups -OCH3 is 2. The van der Waals surface area contributed by atoms with E-state index in [1.807, 2.05) is 43.4 Å². The fraction of sp³-hybridized carbons (Fsp3) is 0.278. The lowest BCUT2D eigenvalue weighted by molar-refractivity contribution is -0.119. The highest BCUT2D eigenvalue weighted by molar-refractivity contribution is 6.32. The van der Waals surface area contributed by atoms with Crippen molar-refractivity contribution in [2.75, 3.05) is 26.2 Å². The molecule has 1 amide bonds. The second kappa shape index (κ2) is 6.13. The van der Waals surface area contributed by atoms with Crippen LogP contribution in [0.3, 0.4) is 0 Å². The van der Waals surface area contributed by atoms with Crippen LogP contribution in [0.4, 0.5) is 5.69 Å². The number of amides is 1. The van der Waals surface area contributed by atoms with Gasteiger partial charge in [0.25, 0.3) is 0 Å². The van der Waals surface area contributed by atoms with E-state index < -0.39 is 0 Å². The van der Waals surface area contributed by atoms with Crippen molar-refractivity contribution < 1.29 is 14.3 Å². The Balaban J connectivity index is 1.97. The molecule has 120 valence electrons. The van der Waals surface area contributed by atoms with Gasteiger partial charge in [0.2, 0.25) is 5.91 Å². The number of hydrogen-bond donors (Lipinski definition) is 0. The number of likely N-dealkylation sites (N-methyl/N-ethyl adjacent to an activating group) is 1. The number of rotatable bonds is 4. The van der Waals surface area contributed by atoms with Crippen molar-refractivity contribution in [3.05, 3.63) is 52.5 Å². The van der Waals surface area contributed by atoms with Gasteiger partial charge in [0, 0.05) is 12.7 Å². The van der Waals surface area contributed by atoms with Gasteiger partial charge in [-0.2, -0.15) is 0 Å². The minimum atomic E-state index is -0.203. The quantitative estimate of drug-likeness (QED) is 0.858. The molecule has 4 nitrogen and oxygen atoms in total. The molecular weight excluding hydrogens is 314 g/mol. The minimum Gasteiger partial charge on any atom is -0.493 e. The summed E-state index contributed by atoms with van der Waals surface area (Å²) >= 11 is 6.26. The van der Waals surface area contributed by atoms with Gasteiger partial charge in [-0.3, -0.25) is 4.79 Å². The van der Waals surface area contributed by atoms with E-state index in [1.165, 1.54) is 0 Å². The SMILES string of the molecule is COc1cc(CC2C(=O)N(C)c3ccccc32)cc(Cl)c1OC. The van der Waals surface area contributed by atoms with Crippen LogP contribution < -0.4 is 14.4 Å². The van der Waals surface area contributed by atoms with E-state index in [-0.39, 0.29) is 11.8 Å². The van der Waals surface area contributed by atoms with Crippen LogP contribution in [0.2, 0.25) is 5.02 Å². The van der Waals surface area contributed by atoms with E-state index in [1.54, 1.807) is 19.1 Å². The van der Waals surface area contributed by atoms with Crippen LogP contribution in [0.1, 0.15) is 17.0 Å². The molecule has 1 heterocycles. The molecule has 23 heavy (non-hydrogen) atoms. The lowest BCUT2D eigenvalue weighted by atomic mass is 9.93. The Morgan fingerprint density at radius 3 is 2.61 bits per heavy atom. The van der Waals surface area contributed by atoms with Gasteiger partial charge < -0.3 is 14.4 Å². The summed E-state index contributed by atoms with van der Waals surface area (Å²) in [5.74, 6) is 0.970. The monoisotopic (exact) mass is 331 g/mol. The molecule has 0 N–H and O–H groups in total. The summed E-state index contributed by atoms with van der Waals surface area (Å²) in [6, 6.07) is 11.6. The van der Waals surface area contributed by atoms with E-state index in [9.17, 15) is 4.79 Å². The smallest absolute Gasteiger partial charge is 0.234 e. The van der Waals surface area contributed by atoms with Crippen molar-refractivity contribution >= 4 is 23.2 Å². The molecule has 0 spiro atoms. The van der Waals surface area contributed by atoms with Crippen LogP contribution in [0.5, 0.6) is 11.5 Å². The molecule has 0 radical (unpaired) electrons. The van der Waals surface area contributed by atoms with Crippen LogP contribution in [-0.2, 0) is 11.2 Å². The first kappa shape index (κ1) is 15.7. The summed E-state index contributed by atoms with van der Waals surface area (Å²) in [4.78, 5) is 14.3. The number of para-hydroxylation sites is 1. The van der Waals surface area contributed by atoms with Crippen molar-refractivity contribution in [2.45, 2.75) is 12.3 Å². The molecule has 1 atom stereocenters. The van der Waals surface area contributed by atoms with Gasteiger partial charge in [-0.05, 0) is 35.7 Å². The molecule has 2 aromatic rings. The molecule has 0 aromatic heterocycles. The number of hydrogen-bond acceptors (Lipinski definition) is 3. The molecule has 1 unspecified atom stereocenters. The minimum absolute atomic E-state index is 0.0945. The summed E-state index contributed by atoms with van der Waals surface area (Å²) in [7, 11) is 4.93. The largest absolute Gasteiger partial charge is 0.493 e. The molecule has 1 aliphatic rings. The molecule has 0 aliphatic carbocycles. The molecule has 0 bridgehead atoms. The van der Waals surface area contributed by atoms with Crippen molar-refractivity contribution in [1.29, 1.82) is 0 Å². The molecule has 0 saturated carbocycles. The number of halogens is 1. The lowest BCUT2D eigenvalue weighted by Gasteiger charge is -2.14. The van der Waals surface area contributed by atoms with E-state index in [2.05, 4.69) is 0 Å². The molecule has 5 heteroatoms. The van der Waals surface area contributed by atoms with Crippen molar-refractivity contribution in [3.8, 4) is 11.5 Å². The van der Waals surface area contributed by atoms with Crippen LogP contribution >= 0.6 is 11.6 Å². The van der Waals surface area contributed by atoms with E-state index >= 15 is 0 Å². The third-order valence-electron chi connectivity index (χ3n) is 4.24. The maximum atomic E-state index is 12.6. The van der Waals surface area contributed by atoms with Crippen molar-refractivity contribution in [1.82, 2.24) is 0 Å². The Bertz CT molecular complexity index is 760. The Morgan fingerprint density at radius 2 is 1.91 bits per heavy atom. The standard InChI is InChI=1S/C18H18ClNO3/c1-20-15-7-5-4-6-12(15)13(18(20)21)8-11-9-14(19)17(23-3)16(10-11)22-2/h4-7,9-10,13H,8H2,1-3H3. The fourth-order valence-electron chi connectivity index (χ4n) is 3.10. The summed E-state index contributed by atoms with van der Waals surface area (Å²) in [5.41, 5.74) is 2.95. The molecular formula is C18H18ClNO3. The molecule has 0 saturated heterocycles. The fourth-order valence-corrected chi connectivity index (χ4v) is 3.41. The molecule has 1 aliphatic heterocycles. The second-order valence-electron chi connectivity index (χ2n) is 5.53. The summed E-state index contributed by atoms with van der Waals surface area (Å²) in [5, 5.41) is 0.480. The normalized spacial score (nSPS) is 16.4. The third kappa shape index (κ3) is 2.63. The zero-order valence-corrected chi connectivity index (χ0v) is 14.1. The predicted octanol–water partition coefficient (Wildman–Crippen LogP) is 3.66. The first-order valence-electron chi connectivity index (χ1n) is 7.33. The van der Waals surface area contributed by atoms with Crippen LogP contribution in [0.15, 0.2) is 36.4 Å². The van der Waals surface area contributed by atoms with Gasteiger partial charge in [0.1, 0.15) is 0 Å². The highest BCUT2D eigenvalue weighted by atomic mass is 35.5. The summed E-state index contributed by atoms with van der Waals surface area (Å²) < 4.78 is 10.6. The number of benzene rings is 2. The molecule has 0 fully saturated rings. The average molecular weight is 332 g/mol. The van der Waals surface area contributed by atoms with Crippen molar-refractivity contribution in [2.24, 2.45) is 0 Å². The van der Waals surface area contributed by atoms with E-state index in [4.69, 9.17) is 21.1 Å². The number of ether oxygens (including phenoxy) is 2. The van der Waals surface area contributed by atoms with Gasteiger partial charge in [-0.1, -0.05) is 29.8 Å². The van der Waals surface area contributed by atoms with Gasteiger partial charge in [-0.15, -0.1) is 0 Å². The number of anilines is 1. The van der Waals surface area contributed by atoms with Crippen LogP contribution in [-0.4, -0.2) is 27.2 Å². The van der Waals surface area contributed by atoms with Gasteiger partial charge in [0.05, 0.1) is 25.2 Å². The third-order valence-corrected chi connectivity index (χ3v) is 4.52. The van der Waals surface area contributed by atoms with Crippen LogP contribution in [0, 0.1) is 0 Å². The number of carbonyl (C=O) groups excluding carboxylic acids is 1.